The highest BCUT2D eigenvalue weighted by molar-refractivity contribution is 6.30. The van der Waals surface area contributed by atoms with Gasteiger partial charge in [0.25, 0.3) is 5.91 Å². The summed E-state index contributed by atoms with van der Waals surface area (Å²) < 4.78 is 0. The molecule has 0 aliphatic heterocycles. The van der Waals surface area contributed by atoms with Crippen molar-refractivity contribution in [3.63, 3.8) is 0 Å². The van der Waals surface area contributed by atoms with Crippen LogP contribution in [0.1, 0.15) is 29.3 Å². The molecular weight excluding hydrogens is 286 g/mol. The van der Waals surface area contributed by atoms with Gasteiger partial charge in [-0.15, -0.1) is 0 Å². The molecule has 1 heterocycles. The predicted octanol–water partition coefficient (Wildman–Crippen LogP) is 3.42. The Hall–Kier alpha value is -2.33. The quantitative estimate of drug-likeness (QED) is 0.832. The molecule has 0 saturated heterocycles. The minimum atomic E-state index is -0.237. The Labute approximate surface area is 128 Å². The minimum absolute atomic E-state index is 0.237. The van der Waals surface area contributed by atoms with E-state index in [4.69, 9.17) is 11.6 Å². The number of nitrogens with one attached hydrogen (secondary N) is 2. The Morgan fingerprint density at radius 2 is 1.95 bits per heavy atom. The van der Waals surface area contributed by atoms with Gasteiger partial charge in [0.15, 0.2) is 0 Å². The molecule has 4 nitrogen and oxygen atoms in total. The van der Waals surface area contributed by atoms with E-state index >= 15 is 0 Å². The van der Waals surface area contributed by atoms with E-state index < -0.39 is 0 Å². The van der Waals surface area contributed by atoms with Crippen molar-refractivity contribution in [2.24, 2.45) is 0 Å². The Balaban J connectivity index is 2.06. The molecule has 0 unspecified atom stereocenters. The molecule has 5 heteroatoms. The maximum atomic E-state index is 12.0. The molecule has 108 valence electrons. The van der Waals surface area contributed by atoms with Crippen LogP contribution in [-0.2, 0) is 0 Å². The van der Waals surface area contributed by atoms with E-state index in [1.165, 1.54) is 6.20 Å². The highest BCUT2D eigenvalue weighted by Crippen LogP contribution is 2.15. The van der Waals surface area contributed by atoms with E-state index in [0.717, 1.165) is 17.7 Å². The summed E-state index contributed by atoms with van der Waals surface area (Å²) in [7, 11) is 0. The number of hydrazine groups is 1. The fraction of sp³-hybridized carbons (Fsp3) is 0.125. The topological polar surface area (TPSA) is 54.0 Å². The third kappa shape index (κ3) is 4.33. The van der Waals surface area contributed by atoms with Crippen LogP contribution in [0.15, 0.2) is 54.9 Å². The maximum absolute atomic E-state index is 12.0. The standard InChI is InChI=1S/C16H16ClN3O/c1-2-4-15(12-6-8-14(17)9-7-12)19-20-16(21)13-5-3-10-18-11-13/h3-11,19H,2H2,1H3,(H,20,21). The van der Waals surface area contributed by atoms with Crippen LogP contribution in [-0.4, -0.2) is 10.9 Å². The number of carbonyl (C=O) groups excluding carboxylic acids is 1. The Kier molecular flexibility index (Phi) is 5.35. The molecule has 0 atom stereocenters. The summed E-state index contributed by atoms with van der Waals surface area (Å²) in [5.41, 5.74) is 7.89. The van der Waals surface area contributed by atoms with Crippen LogP contribution in [0.4, 0.5) is 0 Å². The summed E-state index contributed by atoms with van der Waals surface area (Å²) in [5.74, 6) is -0.237. The van der Waals surface area contributed by atoms with Gasteiger partial charge < -0.3 is 0 Å². The molecule has 0 radical (unpaired) electrons. The zero-order valence-corrected chi connectivity index (χ0v) is 12.4. The molecule has 0 aliphatic rings. The molecule has 0 saturated carbocycles. The van der Waals surface area contributed by atoms with Gasteiger partial charge in [-0.05, 0) is 36.2 Å². The van der Waals surface area contributed by atoms with E-state index in [1.807, 2.05) is 37.3 Å². The van der Waals surface area contributed by atoms with Gasteiger partial charge in [-0.1, -0.05) is 36.7 Å². The van der Waals surface area contributed by atoms with Gasteiger partial charge in [0.1, 0.15) is 0 Å². The number of carbonyl (C=O) groups is 1. The van der Waals surface area contributed by atoms with Crippen molar-refractivity contribution in [3.8, 4) is 0 Å². The lowest BCUT2D eigenvalue weighted by molar-refractivity contribution is 0.0942. The van der Waals surface area contributed by atoms with Crippen LogP contribution < -0.4 is 10.9 Å². The summed E-state index contributed by atoms with van der Waals surface area (Å²) in [6.45, 7) is 2.03. The minimum Gasteiger partial charge on any atom is -0.298 e. The number of hydrogen-bond donors (Lipinski definition) is 2. The lowest BCUT2D eigenvalue weighted by Gasteiger charge is -2.12. The number of rotatable bonds is 5. The third-order valence-corrected chi connectivity index (χ3v) is 3.05. The number of nitrogens with zero attached hydrogens (tertiary/aromatic N) is 1. The van der Waals surface area contributed by atoms with Crippen LogP contribution in [0.25, 0.3) is 5.70 Å². The van der Waals surface area contributed by atoms with Gasteiger partial charge in [-0.25, -0.2) is 0 Å². The maximum Gasteiger partial charge on any atom is 0.271 e. The van der Waals surface area contributed by atoms with E-state index in [9.17, 15) is 4.79 Å². The average molecular weight is 302 g/mol. The van der Waals surface area contributed by atoms with Crippen LogP contribution in [0, 0.1) is 0 Å². The predicted molar refractivity (Wildman–Crippen MR) is 84.6 cm³/mol. The molecule has 0 fully saturated rings. The summed E-state index contributed by atoms with van der Waals surface area (Å²) in [6, 6.07) is 10.8. The molecule has 0 bridgehead atoms. The van der Waals surface area contributed by atoms with Crippen molar-refractivity contribution >= 4 is 23.2 Å². The third-order valence-electron chi connectivity index (χ3n) is 2.80. The monoisotopic (exact) mass is 301 g/mol. The van der Waals surface area contributed by atoms with Crippen molar-refractivity contribution in [3.05, 3.63) is 71.0 Å². The summed E-state index contributed by atoms with van der Waals surface area (Å²) >= 11 is 5.88. The number of pyridine rings is 1. The molecule has 0 aliphatic carbocycles. The second-order valence-corrected chi connectivity index (χ2v) is 4.79. The lowest BCUT2D eigenvalue weighted by Crippen LogP contribution is -2.36. The fourth-order valence-electron chi connectivity index (χ4n) is 1.77. The first-order valence-corrected chi connectivity index (χ1v) is 7.01. The van der Waals surface area contributed by atoms with Crippen molar-refractivity contribution in [1.82, 2.24) is 15.8 Å². The number of benzene rings is 1. The van der Waals surface area contributed by atoms with Gasteiger partial charge in [-0.3, -0.25) is 20.6 Å². The second kappa shape index (κ2) is 7.45. The molecule has 2 rings (SSSR count). The summed E-state index contributed by atoms with van der Waals surface area (Å²) in [6.07, 6.45) is 5.98. The highest BCUT2D eigenvalue weighted by Gasteiger charge is 2.06. The van der Waals surface area contributed by atoms with Gasteiger partial charge >= 0.3 is 0 Å². The second-order valence-electron chi connectivity index (χ2n) is 4.35. The first kappa shape index (κ1) is 15.1. The molecule has 1 aromatic carbocycles. The SMILES string of the molecule is CCC=C(NNC(=O)c1cccnc1)c1ccc(Cl)cc1. The van der Waals surface area contributed by atoms with Gasteiger partial charge in [0, 0.05) is 17.4 Å². The van der Waals surface area contributed by atoms with Crippen LogP contribution in [0.5, 0.6) is 0 Å². The number of amides is 1. The van der Waals surface area contributed by atoms with E-state index in [0.29, 0.717) is 10.6 Å². The van der Waals surface area contributed by atoms with Crippen LogP contribution in [0.2, 0.25) is 5.02 Å². The van der Waals surface area contributed by atoms with Crippen molar-refractivity contribution < 1.29 is 4.79 Å². The van der Waals surface area contributed by atoms with Gasteiger partial charge in [0.2, 0.25) is 0 Å². The number of halogens is 1. The zero-order valence-electron chi connectivity index (χ0n) is 11.6. The smallest absolute Gasteiger partial charge is 0.271 e. The van der Waals surface area contributed by atoms with Crippen molar-refractivity contribution in [2.75, 3.05) is 0 Å². The zero-order chi connectivity index (χ0) is 15.1. The number of hydrogen-bond acceptors (Lipinski definition) is 3. The van der Waals surface area contributed by atoms with Crippen molar-refractivity contribution in [2.45, 2.75) is 13.3 Å². The first-order valence-electron chi connectivity index (χ1n) is 6.63. The molecule has 1 aromatic heterocycles. The fourth-order valence-corrected chi connectivity index (χ4v) is 1.89. The Morgan fingerprint density at radius 1 is 1.19 bits per heavy atom. The molecule has 1 amide bonds. The van der Waals surface area contributed by atoms with Gasteiger partial charge in [0.05, 0.1) is 11.3 Å². The normalized spacial score (nSPS) is 11.0. The Bertz CT molecular complexity index is 624. The van der Waals surface area contributed by atoms with Crippen LogP contribution >= 0.6 is 11.6 Å². The van der Waals surface area contributed by atoms with Crippen molar-refractivity contribution in [1.29, 1.82) is 0 Å². The number of allylic oxidation sites excluding steroid dienone is 1. The molecule has 0 spiro atoms. The molecule has 2 aromatic rings. The summed E-state index contributed by atoms with van der Waals surface area (Å²) in [5, 5.41) is 0.675. The molecular formula is C16H16ClN3O. The Morgan fingerprint density at radius 3 is 2.57 bits per heavy atom. The molecule has 21 heavy (non-hydrogen) atoms. The van der Waals surface area contributed by atoms with E-state index in [-0.39, 0.29) is 5.91 Å². The van der Waals surface area contributed by atoms with Gasteiger partial charge in [-0.2, -0.15) is 0 Å². The van der Waals surface area contributed by atoms with Crippen LogP contribution in [0.3, 0.4) is 0 Å². The first-order chi connectivity index (χ1) is 10.2. The largest absolute Gasteiger partial charge is 0.298 e. The summed E-state index contributed by atoms with van der Waals surface area (Å²) in [4.78, 5) is 15.9. The molecule has 2 N–H and O–H groups in total. The lowest BCUT2D eigenvalue weighted by atomic mass is 10.1. The average Bonchev–Trinajstić information content (AvgIpc) is 2.53. The van der Waals surface area contributed by atoms with E-state index in [1.54, 1.807) is 18.3 Å². The van der Waals surface area contributed by atoms with E-state index in [2.05, 4.69) is 15.8 Å². The number of aromatic nitrogens is 1. The highest BCUT2D eigenvalue weighted by atomic mass is 35.5.